The predicted octanol–water partition coefficient (Wildman–Crippen LogP) is 4.12. The number of carbonyl (C=O) groups excluding carboxylic acids is 3. The van der Waals surface area contributed by atoms with Crippen molar-refractivity contribution >= 4 is 23.4 Å². The van der Waals surface area contributed by atoms with Crippen LogP contribution in [0.1, 0.15) is 58.5 Å². The lowest BCUT2D eigenvalue weighted by Crippen LogP contribution is -2.38. The molecule has 2 aromatic carbocycles. The molecule has 0 saturated heterocycles. The van der Waals surface area contributed by atoms with E-state index in [2.05, 4.69) is 0 Å². The van der Waals surface area contributed by atoms with Crippen molar-refractivity contribution in [2.75, 3.05) is 11.4 Å². The first-order valence-corrected chi connectivity index (χ1v) is 9.65. The maximum absolute atomic E-state index is 12.9. The maximum atomic E-state index is 12.9. The summed E-state index contributed by atoms with van der Waals surface area (Å²) in [6.07, 6.45) is 0.720. The number of rotatable bonds is 6. The second-order valence-electron chi connectivity index (χ2n) is 7.56. The van der Waals surface area contributed by atoms with Crippen LogP contribution in [0.25, 0.3) is 0 Å². The molecule has 2 aromatic rings. The zero-order valence-electron chi connectivity index (χ0n) is 16.9. The lowest BCUT2D eigenvalue weighted by Gasteiger charge is -2.29. The van der Waals surface area contributed by atoms with Crippen molar-refractivity contribution in [3.8, 4) is 0 Å². The van der Waals surface area contributed by atoms with Crippen molar-refractivity contribution < 1.29 is 14.4 Å². The van der Waals surface area contributed by atoms with Crippen molar-refractivity contribution in [3.05, 3.63) is 64.7 Å². The van der Waals surface area contributed by atoms with Crippen LogP contribution in [0.3, 0.4) is 0 Å². The van der Waals surface area contributed by atoms with E-state index in [4.69, 9.17) is 0 Å². The van der Waals surface area contributed by atoms with E-state index in [0.29, 0.717) is 17.5 Å². The van der Waals surface area contributed by atoms with Crippen LogP contribution < -0.4 is 4.90 Å². The lowest BCUT2D eigenvalue weighted by molar-refractivity contribution is -0.119. The van der Waals surface area contributed by atoms with Crippen molar-refractivity contribution in [1.82, 2.24) is 4.90 Å². The van der Waals surface area contributed by atoms with E-state index in [9.17, 15) is 14.4 Å². The lowest BCUT2D eigenvalue weighted by atomic mass is 10.1. The number of hydrogen-bond donors (Lipinski definition) is 0. The summed E-state index contributed by atoms with van der Waals surface area (Å²) in [4.78, 5) is 40.9. The molecular formula is C23H26N2O3. The first-order valence-electron chi connectivity index (χ1n) is 9.65. The molecule has 1 aliphatic rings. The van der Waals surface area contributed by atoms with E-state index in [-0.39, 0.29) is 36.7 Å². The first-order chi connectivity index (χ1) is 13.3. The molecule has 0 bridgehead atoms. The number of carbonyl (C=O) groups is 3. The molecule has 0 aliphatic carbocycles. The van der Waals surface area contributed by atoms with Gasteiger partial charge in [-0.2, -0.15) is 0 Å². The van der Waals surface area contributed by atoms with Crippen LogP contribution in [-0.4, -0.2) is 35.2 Å². The largest absolute Gasteiger partial charge is 0.310 e. The number of amides is 3. The van der Waals surface area contributed by atoms with Crippen LogP contribution in [0, 0.1) is 13.8 Å². The van der Waals surface area contributed by atoms with Gasteiger partial charge >= 0.3 is 0 Å². The van der Waals surface area contributed by atoms with Gasteiger partial charge in [-0.15, -0.1) is 0 Å². The highest BCUT2D eigenvalue weighted by atomic mass is 16.2. The molecule has 1 aliphatic heterocycles. The summed E-state index contributed by atoms with van der Waals surface area (Å²) in [5.74, 6) is -0.549. The summed E-state index contributed by atoms with van der Waals surface area (Å²) in [5.41, 5.74) is 3.95. The summed E-state index contributed by atoms with van der Waals surface area (Å²) in [6, 6.07) is 12.9. The Hall–Kier alpha value is -2.95. The minimum absolute atomic E-state index is 0.000286. The Morgan fingerprint density at radius 1 is 1.00 bits per heavy atom. The van der Waals surface area contributed by atoms with Crippen LogP contribution in [0.15, 0.2) is 42.5 Å². The van der Waals surface area contributed by atoms with E-state index in [1.54, 1.807) is 24.3 Å². The summed E-state index contributed by atoms with van der Waals surface area (Å²) >= 11 is 0. The maximum Gasteiger partial charge on any atom is 0.261 e. The molecule has 5 nitrogen and oxygen atoms in total. The fourth-order valence-electron chi connectivity index (χ4n) is 3.63. The van der Waals surface area contributed by atoms with Gasteiger partial charge in [0, 0.05) is 24.7 Å². The summed E-state index contributed by atoms with van der Waals surface area (Å²) in [6.45, 7) is 8.23. The van der Waals surface area contributed by atoms with E-state index in [1.807, 2.05) is 50.8 Å². The van der Waals surface area contributed by atoms with Gasteiger partial charge in [0.1, 0.15) is 0 Å². The van der Waals surface area contributed by atoms with Gasteiger partial charge in [0.15, 0.2) is 0 Å². The number of aryl methyl sites for hydroxylation is 2. The molecule has 0 spiro atoms. The summed E-state index contributed by atoms with van der Waals surface area (Å²) in [7, 11) is 0. The minimum Gasteiger partial charge on any atom is -0.310 e. The molecule has 0 fully saturated rings. The fourth-order valence-corrected chi connectivity index (χ4v) is 3.63. The molecule has 0 N–H and O–H groups in total. The zero-order chi connectivity index (χ0) is 20.4. The van der Waals surface area contributed by atoms with E-state index in [0.717, 1.165) is 16.8 Å². The summed E-state index contributed by atoms with van der Waals surface area (Å²) in [5, 5.41) is 0. The third-order valence-electron chi connectivity index (χ3n) is 5.06. The standard InChI is InChI=1S/C23H26N2O3/c1-15(2)25(20-14-16(3)11-12-17(20)4)21(26)10-7-13-24-22(27)18-8-5-6-9-19(18)23(24)28/h5-6,8-9,11-12,14-15H,7,10,13H2,1-4H3. The van der Waals surface area contributed by atoms with Gasteiger partial charge in [-0.3, -0.25) is 19.3 Å². The Morgan fingerprint density at radius 2 is 1.61 bits per heavy atom. The molecule has 3 amide bonds. The fraction of sp³-hybridized carbons (Fsp3) is 0.348. The third kappa shape index (κ3) is 3.70. The topological polar surface area (TPSA) is 57.7 Å². The molecule has 0 aromatic heterocycles. The van der Waals surface area contributed by atoms with Crippen LogP contribution >= 0.6 is 0 Å². The number of anilines is 1. The van der Waals surface area contributed by atoms with Crippen LogP contribution in [0.5, 0.6) is 0 Å². The number of benzene rings is 2. The number of hydrogen-bond acceptors (Lipinski definition) is 3. The highest BCUT2D eigenvalue weighted by Gasteiger charge is 2.34. The van der Waals surface area contributed by atoms with E-state index in [1.165, 1.54) is 4.90 Å². The van der Waals surface area contributed by atoms with Crippen LogP contribution in [0.2, 0.25) is 0 Å². The molecule has 0 saturated carbocycles. The zero-order valence-corrected chi connectivity index (χ0v) is 16.9. The van der Waals surface area contributed by atoms with E-state index < -0.39 is 0 Å². The molecule has 5 heteroatoms. The number of nitrogens with zero attached hydrogens (tertiary/aromatic N) is 2. The Labute approximate surface area is 166 Å². The first kappa shape index (κ1) is 19.8. The Kier molecular flexibility index (Phi) is 5.63. The van der Waals surface area contributed by atoms with Gasteiger partial charge < -0.3 is 4.90 Å². The minimum atomic E-state index is -0.275. The quantitative estimate of drug-likeness (QED) is 0.711. The molecule has 3 rings (SSSR count). The smallest absolute Gasteiger partial charge is 0.261 e. The third-order valence-corrected chi connectivity index (χ3v) is 5.06. The number of fused-ring (bicyclic) bond motifs is 1. The molecule has 0 unspecified atom stereocenters. The summed E-state index contributed by atoms with van der Waals surface area (Å²) < 4.78 is 0. The molecule has 1 heterocycles. The van der Waals surface area contributed by atoms with Crippen molar-refractivity contribution in [3.63, 3.8) is 0 Å². The highest BCUT2D eigenvalue weighted by molar-refractivity contribution is 6.21. The van der Waals surface area contributed by atoms with Crippen molar-refractivity contribution in [1.29, 1.82) is 0 Å². The Balaban J connectivity index is 1.67. The van der Waals surface area contributed by atoms with Crippen LogP contribution in [-0.2, 0) is 4.79 Å². The van der Waals surface area contributed by atoms with E-state index >= 15 is 0 Å². The van der Waals surface area contributed by atoms with Gasteiger partial charge in [0.2, 0.25) is 5.91 Å². The average Bonchev–Trinajstić information content (AvgIpc) is 2.90. The normalized spacial score (nSPS) is 13.2. The predicted molar refractivity (Wildman–Crippen MR) is 110 cm³/mol. The van der Waals surface area contributed by atoms with Crippen LogP contribution in [0.4, 0.5) is 5.69 Å². The SMILES string of the molecule is Cc1ccc(C)c(N(C(=O)CCCN2C(=O)c3ccccc3C2=O)C(C)C)c1. The highest BCUT2D eigenvalue weighted by Crippen LogP contribution is 2.26. The van der Waals surface area contributed by atoms with Gasteiger partial charge in [-0.05, 0) is 63.4 Å². The van der Waals surface area contributed by atoms with Gasteiger partial charge in [0.25, 0.3) is 11.8 Å². The Morgan fingerprint density at radius 3 is 2.18 bits per heavy atom. The molecule has 146 valence electrons. The average molecular weight is 378 g/mol. The van der Waals surface area contributed by atoms with Gasteiger partial charge in [-0.1, -0.05) is 24.3 Å². The monoisotopic (exact) mass is 378 g/mol. The molecule has 0 radical (unpaired) electrons. The molecule has 28 heavy (non-hydrogen) atoms. The second-order valence-corrected chi connectivity index (χ2v) is 7.56. The van der Waals surface area contributed by atoms with Gasteiger partial charge in [-0.25, -0.2) is 0 Å². The number of imide groups is 1. The van der Waals surface area contributed by atoms with Crippen molar-refractivity contribution in [2.24, 2.45) is 0 Å². The molecule has 0 atom stereocenters. The Bertz CT molecular complexity index is 898. The van der Waals surface area contributed by atoms with Gasteiger partial charge in [0.05, 0.1) is 11.1 Å². The second kappa shape index (κ2) is 7.97. The molecular weight excluding hydrogens is 352 g/mol. The van der Waals surface area contributed by atoms with Crippen molar-refractivity contribution in [2.45, 2.75) is 46.6 Å².